The van der Waals surface area contributed by atoms with E-state index in [-0.39, 0.29) is 15.8 Å². The normalized spacial score (nSPS) is 11.7. The van der Waals surface area contributed by atoms with E-state index in [0.29, 0.717) is 21.3 Å². The van der Waals surface area contributed by atoms with E-state index in [9.17, 15) is 8.42 Å². The predicted molar refractivity (Wildman–Crippen MR) is 122 cm³/mol. The lowest BCUT2D eigenvalue weighted by Gasteiger charge is -2.14. The highest BCUT2D eigenvalue weighted by Gasteiger charge is 2.16. The van der Waals surface area contributed by atoms with Crippen molar-refractivity contribution in [2.24, 2.45) is 4.40 Å². The van der Waals surface area contributed by atoms with E-state index >= 15 is 0 Å². The van der Waals surface area contributed by atoms with Gasteiger partial charge in [0, 0.05) is 10.6 Å². The molecule has 0 heterocycles. The van der Waals surface area contributed by atoms with Crippen molar-refractivity contribution in [1.82, 2.24) is 5.32 Å². The van der Waals surface area contributed by atoms with E-state index in [0.717, 1.165) is 0 Å². The van der Waals surface area contributed by atoms with Gasteiger partial charge in [-0.1, -0.05) is 65.7 Å². The van der Waals surface area contributed by atoms with Gasteiger partial charge in [-0.15, -0.1) is 4.40 Å². The molecule has 3 aromatic carbocycles. The van der Waals surface area contributed by atoms with E-state index < -0.39 is 10.0 Å². The molecule has 0 saturated carbocycles. The largest absolute Gasteiger partial charge is 0.331 e. The number of hydrogen-bond donors (Lipinski definition) is 2. The van der Waals surface area contributed by atoms with Crippen molar-refractivity contribution in [2.45, 2.75) is 4.90 Å². The van der Waals surface area contributed by atoms with Gasteiger partial charge in [-0.25, -0.2) is 0 Å². The Labute approximate surface area is 184 Å². The molecule has 5 nitrogen and oxygen atoms in total. The molecule has 0 aliphatic carbocycles. The predicted octanol–water partition coefficient (Wildman–Crippen LogP) is 5.12. The monoisotopic (exact) mass is 463 g/mol. The number of anilines is 1. The number of halogens is 2. The summed E-state index contributed by atoms with van der Waals surface area (Å²) >= 11 is 17.3. The second kappa shape index (κ2) is 9.37. The Balaban J connectivity index is 1.93. The van der Waals surface area contributed by atoms with Crippen LogP contribution in [0.3, 0.4) is 0 Å². The molecule has 0 aliphatic rings. The Bertz CT molecular complexity index is 1150. The summed E-state index contributed by atoms with van der Waals surface area (Å²) in [6.45, 7) is 0. The van der Waals surface area contributed by atoms with Crippen LogP contribution >= 0.6 is 35.4 Å². The number of nitrogens with one attached hydrogen (secondary N) is 2. The first kappa shape index (κ1) is 21.3. The number of amidine groups is 1. The molecule has 0 radical (unpaired) electrons. The Morgan fingerprint density at radius 1 is 0.862 bits per heavy atom. The van der Waals surface area contributed by atoms with Crippen LogP contribution in [0.25, 0.3) is 0 Å². The highest BCUT2D eigenvalue weighted by atomic mass is 35.5. The number of benzene rings is 3. The fourth-order valence-corrected chi connectivity index (χ4v) is 3.84. The van der Waals surface area contributed by atoms with Gasteiger partial charge in [0.2, 0.25) is 0 Å². The lowest BCUT2D eigenvalue weighted by molar-refractivity contribution is 0.598. The fraction of sp³-hybridized carbons (Fsp3) is 0. The molecule has 0 bridgehead atoms. The average Bonchev–Trinajstić information content (AvgIpc) is 2.70. The van der Waals surface area contributed by atoms with Gasteiger partial charge in [-0.3, -0.25) is 0 Å². The summed E-state index contributed by atoms with van der Waals surface area (Å²) in [4.78, 5) is 0.0158. The van der Waals surface area contributed by atoms with E-state index in [4.69, 9.17) is 35.4 Å². The maximum Gasteiger partial charge on any atom is 0.284 e. The fourth-order valence-electron chi connectivity index (χ4n) is 2.35. The third kappa shape index (κ3) is 5.77. The van der Waals surface area contributed by atoms with Crippen LogP contribution in [0.1, 0.15) is 5.56 Å². The van der Waals surface area contributed by atoms with Crippen LogP contribution in [0.2, 0.25) is 10.0 Å². The van der Waals surface area contributed by atoms with Crippen molar-refractivity contribution in [3.63, 3.8) is 0 Å². The number of sulfonamides is 1. The minimum Gasteiger partial charge on any atom is -0.331 e. The van der Waals surface area contributed by atoms with Crippen LogP contribution in [0.15, 0.2) is 88.2 Å². The molecule has 2 N–H and O–H groups in total. The minimum absolute atomic E-state index is 0.0158. The van der Waals surface area contributed by atoms with Crippen molar-refractivity contribution in [2.75, 3.05) is 5.32 Å². The van der Waals surface area contributed by atoms with Gasteiger partial charge in [0.25, 0.3) is 10.0 Å². The molecule has 3 rings (SSSR count). The highest BCUT2D eigenvalue weighted by molar-refractivity contribution is 7.90. The van der Waals surface area contributed by atoms with Crippen LogP contribution in [0, 0.1) is 0 Å². The first-order valence-electron chi connectivity index (χ1n) is 8.34. The molecule has 0 amide bonds. The number of para-hydroxylation sites is 1. The van der Waals surface area contributed by atoms with Gasteiger partial charge in [-0.2, -0.15) is 8.42 Å². The van der Waals surface area contributed by atoms with E-state index in [1.807, 2.05) is 6.07 Å². The van der Waals surface area contributed by atoms with E-state index in [2.05, 4.69) is 15.0 Å². The third-order valence-corrected chi connectivity index (χ3v) is 5.80. The molecule has 0 unspecified atom stereocenters. The smallest absolute Gasteiger partial charge is 0.284 e. The molecule has 0 spiro atoms. The zero-order valence-corrected chi connectivity index (χ0v) is 18.0. The molecule has 9 heteroatoms. The zero-order valence-electron chi connectivity index (χ0n) is 14.8. The Morgan fingerprint density at radius 3 is 2.14 bits per heavy atom. The van der Waals surface area contributed by atoms with Crippen molar-refractivity contribution >= 4 is 62.1 Å². The average molecular weight is 464 g/mol. The van der Waals surface area contributed by atoms with Crippen LogP contribution in [-0.2, 0) is 10.0 Å². The lowest BCUT2D eigenvalue weighted by Crippen LogP contribution is -2.35. The van der Waals surface area contributed by atoms with Crippen LogP contribution in [-0.4, -0.2) is 19.4 Å². The first-order chi connectivity index (χ1) is 13.8. The van der Waals surface area contributed by atoms with Crippen LogP contribution < -0.4 is 10.6 Å². The summed E-state index contributed by atoms with van der Waals surface area (Å²) in [7, 11) is -4.00. The zero-order chi connectivity index (χ0) is 20.9. The molecule has 0 aromatic heterocycles. The van der Waals surface area contributed by atoms with Gasteiger partial charge in [-0.05, 0) is 48.6 Å². The number of nitrogens with zero attached hydrogens (tertiary/aromatic N) is 1. The highest BCUT2D eigenvalue weighted by Crippen LogP contribution is 2.20. The van der Waals surface area contributed by atoms with Gasteiger partial charge >= 0.3 is 0 Å². The van der Waals surface area contributed by atoms with Gasteiger partial charge in [0.15, 0.2) is 10.9 Å². The summed E-state index contributed by atoms with van der Waals surface area (Å²) < 4.78 is 29.5. The van der Waals surface area contributed by atoms with Crippen LogP contribution in [0.5, 0.6) is 0 Å². The SMILES string of the molecule is O=S(=O)(N=C(NC(=S)Nc1ccccc1Cl)c1ccccc1)c1ccc(Cl)cc1. The number of hydrogen-bond acceptors (Lipinski definition) is 3. The van der Waals surface area contributed by atoms with Gasteiger partial charge in [0.05, 0.1) is 15.6 Å². The molecule has 0 fully saturated rings. The van der Waals surface area contributed by atoms with Gasteiger partial charge in [0.1, 0.15) is 0 Å². The number of rotatable bonds is 4. The molecule has 0 atom stereocenters. The van der Waals surface area contributed by atoms with E-state index in [1.165, 1.54) is 24.3 Å². The minimum atomic E-state index is -4.00. The third-order valence-electron chi connectivity index (χ3n) is 3.72. The van der Waals surface area contributed by atoms with Crippen LogP contribution in [0.4, 0.5) is 5.69 Å². The Morgan fingerprint density at radius 2 is 1.48 bits per heavy atom. The summed E-state index contributed by atoms with van der Waals surface area (Å²) in [5, 5.41) is 6.84. The maximum absolute atomic E-state index is 12.8. The summed E-state index contributed by atoms with van der Waals surface area (Å²) in [6, 6.07) is 21.6. The molecule has 0 aliphatic heterocycles. The standard InChI is InChI=1S/C20H15Cl2N3O2S2/c21-15-10-12-16(13-11-15)29(26,27)25-19(14-6-2-1-3-7-14)24-20(28)23-18-9-5-4-8-17(18)22/h1-13H,(H2,23,24,25,28). The molecular formula is C20H15Cl2N3O2S2. The first-order valence-corrected chi connectivity index (χ1v) is 10.9. The molecule has 3 aromatic rings. The summed E-state index contributed by atoms with van der Waals surface area (Å²) in [5.74, 6) is 0.0742. The van der Waals surface area contributed by atoms with Gasteiger partial charge < -0.3 is 10.6 Å². The van der Waals surface area contributed by atoms with Crippen molar-refractivity contribution in [3.8, 4) is 0 Å². The second-order valence-corrected chi connectivity index (χ2v) is 8.65. The molecule has 148 valence electrons. The summed E-state index contributed by atoms with van der Waals surface area (Å²) in [5.41, 5.74) is 1.13. The maximum atomic E-state index is 12.8. The lowest BCUT2D eigenvalue weighted by atomic mass is 10.2. The molecule has 0 saturated heterocycles. The quantitative estimate of drug-likeness (QED) is 0.319. The topological polar surface area (TPSA) is 70.6 Å². The number of thiocarbonyl (C=S) groups is 1. The van der Waals surface area contributed by atoms with Crippen molar-refractivity contribution < 1.29 is 8.42 Å². The van der Waals surface area contributed by atoms with E-state index in [1.54, 1.807) is 48.5 Å². The van der Waals surface area contributed by atoms with Crippen molar-refractivity contribution in [1.29, 1.82) is 0 Å². The van der Waals surface area contributed by atoms with Crippen molar-refractivity contribution in [3.05, 3.63) is 94.5 Å². The summed E-state index contributed by atoms with van der Waals surface area (Å²) in [6.07, 6.45) is 0. The Kier molecular flexibility index (Phi) is 6.87. The Hall–Kier alpha value is -2.45. The molecular weight excluding hydrogens is 449 g/mol. The molecule has 29 heavy (non-hydrogen) atoms. The second-order valence-electron chi connectivity index (χ2n) is 5.79.